The monoisotopic (exact) mass is 352 g/mol. The van der Waals surface area contributed by atoms with E-state index in [9.17, 15) is 4.79 Å². The second-order valence-corrected chi connectivity index (χ2v) is 6.97. The lowest BCUT2D eigenvalue weighted by Crippen LogP contribution is -2.24. The summed E-state index contributed by atoms with van der Waals surface area (Å²) < 4.78 is 6.57. The third-order valence-corrected chi connectivity index (χ3v) is 4.86. The van der Waals surface area contributed by atoms with E-state index in [1.807, 2.05) is 30.3 Å². The Balaban J connectivity index is 1.97. The number of carbonyl (C=O) groups excluding carboxylic acids is 1. The van der Waals surface area contributed by atoms with Gasteiger partial charge < -0.3 is 15.8 Å². The van der Waals surface area contributed by atoms with Crippen molar-refractivity contribution in [2.75, 3.05) is 13.2 Å². The molecule has 0 saturated heterocycles. The molecule has 0 bridgehead atoms. The van der Waals surface area contributed by atoms with Gasteiger partial charge >= 0.3 is 0 Å². The van der Waals surface area contributed by atoms with Crippen LogP contribution < -0.4 is 15.8 Å². The SMILES string of the molecule is NC(c1ccc2c(c1)C(=O)NCCO2)c1ccc(Br)s1. The number of nitrogens with one attached hydrogen (secondary N) is 1. The van der Waals surface area contributed by atoms with Gasteiger partial charge in [0.15, 0.2) is 0 Å². The predicted octanol–water partition coefficient (Wildman–Crippen LogP) is 2.68. The molecule has 3 N–H and O–H groups in total. The highest BCUT2D eigenvalue weighted by Crippen LogP contribution is 2.32. The van der Waals surface area contributed by atoms with Crippen molar-refractivity contribution in [1.82, 2.24) is 5.32 Å². The largest absolute Gasteiger partial charge is 0.491 e. The maximum Gasteiger partial charge on any atom is 0.255 e. The summed E-state index contributed by atoms with van der Waals surface area (Å²) in [6.45, 7) is 1.01. The molecule has 1 aliphatic heterocycles. The van der Waals surface area contributed by atoms with Crippen molar-refractivity contribution in [2.45, 2.75) is 6.04 Å². The van der Waals surface area contributed by atoms with Gasteiger partial charge in [-0.3, -0.25) is 4.79 Å². The third-order valence-electron chi connectivity index (χ3n) is 3.15. The molecule has 0 saturated carbocycles. The van der Waals surface area contributed by atoms with Gasteiger partial charge in [0.25, 0.3) is 5.91 Å². The summed E-state index contributed by atoms with van der Waals surface area (Å²) in [5.41, 5.74) is 7.71. The molecule has 20 heavy (non-hydrogen) atoms. The van der Waals surface area contributed by atoms with Crippen LogP contribution in [0.3, 0.4) is 0 Å². The number of thiophene rings is 1. The summed E-state index contributed by atoms with van der Waals surface area (Å²) in [5, 5.41) is 2.80. The van der Waals surface area contributed by atoms with Crippen molar-refractivity contribution in [3.05, 3.63) is 50.1 Å². The fourth-order valence-electron chi connectivity index (χ4n) is 2.12. The van der Waals surface area contributed by atoms with E-state index in [1.165, 1.54) is 0 Å². The lowest BCUT2D eigenvalue weighted by Gasteiger charge is -2.13. The van der Waals surface area contributed by atoms with Crippen LogP contribution in [0.1, 0.15) is 26.8 Å². The Labute approximate surface area is 129 Å². The first-order chi connectivity index (χ1) is 9.65. The molecule has 1 amide bonds. The third kappa shape index (κ3) is 2.59. The van der Waals surface area contributed by atoms with Crippen LogP contribution in [0.4, 0.5) is 0 Å². The van der Waals surface area contributed by atoms with Crippen molar-refractivity contribution in [3.63, 3.8) is 0 Å². The van der Waals surface area contributed by atoms with Gasteiger partial charge in [0.05, 0.1) is 21.9 Å². The minimum absolute atomic E-state index is 0.112. The Morgan fingerprint density at radius 3 is 2.95 bits per heavy atom. The second-order valence-electron chi connectivity index (χ2n) is 4.48. The number of fused-ring (bicyclic) bond motifs is 1. The highest BCUT2D eigenvalue weighted by molar-refractivity contribution is 9.11. The quantitative estimate of drug-likeness (QED) is 0.873. The number of halogens is 1. The molecule has 104 valence electrons. The number of ether oxygens (including phenoxy) is 1. The van der Waals surface area contributed by atoms with Crippen molar-refractivity contribution in [1.29, 1.82) is 0 Å². The first kappa shape index (κ1) is 13.6. The van der Waals surface area contributed by atoms with E-state index < -0.39 is 0 Å². The molecule has 4 nitrogen and oxygen atoms in total. The summed E-state index contributed by atoms with van der Waals surface area (Å²) in [7, 11) is 0. The van der Waals surface area contributed by atoms with E-state index in [-0.39, 0.29) is 11.9 Å². The van der Waals surface area contributed by atoms with Gasteiger partial charge in [-0.05, 0) is 45.8 Å². The lowest BCUT2D eigenvalue weighted by molar-refractivity contribution is 0.0957. The van der Waals surface area contributed by atoms with E-state index >= 15 is 0 Å². The average Bonchev–Trinajstić information content (AvgIpc) is 2.80. The van der Waals surface area contributed by atoms with Crippen LogP contribution in [0.15, 0.2) is 34.1 Å². The number of carbonyl (C=O) groups is 1. The average molecular weight is 353 g/mol. The maximum atomic E-state index is 12.0. The fraction of sp³-hybridized carbons (Fsp3) is 0.214. The van der Waals surface area contributed by atoms with Gasteiger partial charge in [0.1, 0.15) is 12.4 Å². The van der Waals surface area contributed by atoms with Crippen LogP contribution in [0.2, 0.25) is 0 Å². The molecule has 1 unspecified atom stereocenters. The molecule has 3 rings (SSSR count). The van der Waals surface area contributed by atoms with E-state index in [0.29, 0.717) is 24.5 Å². The number of hydrogen-bond acceptors (Lipinski definition) is 4. The van der Waals surface area contributed by atoms with Crippen LogP contribution in [0.5, 0.6) is 5.75 Å². The smallest absolute Gasteiger partial charge is 0.255 e. The Kier molecular flexibility index (Phi) is 3.78. The zero-order valence-electron chi connectivity index (χ0n) is 10.6. The van der Waals surface area contributed by atoms with Gasteiger partial charge in [0.2, 0.25) is 0 Å². The summed E-state index contributed by atoms with van der Waals surface area (Å²) in [6, 6.07) is 9.26. The zero-order chi connectivity index (χ0) is 14.1. The first-order valence-electron chi connectivity index (χ1n) is 6.21. The van der Waals surface area contributed by atoms with Crippen molar-refractivity contribution in [2.24, 2.45) is 5.73 Å². The standard InChI is InChI=1S/C14H13BrN2O2S/c15-12-4-3-11(20-12)13(16)8-1-2-10-9(7-8)14(18)17-5-6-19-10/h1-4,7,13H,5-6,16H2,(H,17,18). The summed E-state index contributed by atoms with van der Waals surface area (Å²) in [6.07, 6.45) is 0. The van der Waals surface area contributed by atoms with Crippen LogP contribution in [-0.4, -0.2) is 19.1 Å². The minimum Gasteiger partial charge on any atom is -0.491 e. The van der Waals surface area contributed by atoms with Gasteiger partial charge in [-0.2, -0.15) is 0 Å². The van der Waals surface area contributed by atoms with E-state index in [2.05, 4.69) is 21.2 Å². The zero-order valence-corrected chi connectivity index (χ0v) is 13.0. The molecule has 1 atom stereocenters. The Morgan fingerprint density at radius 1 is 1.35 bits per heavy atom. The van der Waals surface area contributed by atoms with Gasteiger partial charge in [-0.25, -0.2) is 0 Å². The molecule has 6 heteroatoms. The Bertz CT molecular complexity index is 656. The molecule has 0 fully saturated rings. The highest BCUT2D eigenvalue weighted by atomic mass is 79.9. The van der Waals surface area contributed by atoms with Crippen LogP contribution in [-0.2, 0) is 0 Å². The molecule has 0 radical (unpaired) electrons. The molecule has 1 aromatic carbocycles. The van der Waals surface area contributed by atoms with E-state index in [0.717, 1.165) is 14.2 Å². The molecule has 1 aromatic heterocycles. The summed E-state index contributed by atoms with van der Waals surface area (Å²) in [4.78, 5) is 13.0. The molecule has 2 heterocycles. The van der Waals surface area contributed by atoms with E-state index in [4.69, 9.17) is 10.5 Å². The molecule has 0 aliphatic carbocycles. The fourth-order valence-corrected chi connectivity index (χ4v) is 3.58. The number of rotatable bonds is 2. The van der Waals surface area contributed by atoms with Crippen LogP contribution in [0.25, 0.3) is 0 Å². The molecular formula is C14H13BrN2O2S. The van der Waals surface area contributed by atoms with Crippen LogP contribution >= 0.6 is 27.3 Å². The van der Waals surface area contributed by atoms with Crippen molar-refractivity contribution in [3.8, 4) is 5.75 Å². The normalized spacial score (nSPS) is 15.8. The summed E-state index contributed by atoms with van der Waals surface area (Å²) in [5.74, 6) is 0.502. The lowest BCUT2D eigenvalue weighted by atomic mass is 10.0. The Morgan fingerprint density at radius 2 is 2.20 bits per heavy atom. The van der Waals surface area contributed by atoms with Gasteiger partial charge in [-0.1, -0.05) is 6.07 Å². The number of nitrogens with two attached hydrogens (primary N) is 1. The molecular weight excluding hydrogens is 340 g/mol. The summed E-state index contributed by atoms with van der Waals surface area (Å²) >= 11 is 5.02. The molecule has 0 spiro atoms. The first-order valence-corrected chi connectivity index (χ1v) is 7.82. The van der Waals surface area contributed by atoms with Gasteiger partial charge in [-0.15, -0.1) is 11.3 Å². The number of amides is 1. The Hall–Kier alpha value is -1.37. The second kappa shape index (κ2) is 5.55. The predicted molar refractivity (Wildman–Crippen MR) is 82.3 cm³/mol. The number of hydrogen-bond donors (Lipinski definition) is 2. The van der Waals surface area contributed by atoms with E-state index in [1.54, 1.807) is 11.3 Å². The molecule has 2 aromatic rings. The van der Waals surface area contributed by atoms with Gasteiger partial charge in [0, 0.05) is 4.88 Å². The topological polar surface area (TPSA) is 64.4 Å². The van der Waals surface area contributed by atoms with Crippen molar-refractivity contribution < 1.29 is 9.53 Å². The number of benzene rings is 1. The maximum absolute atomic E-state index is 12.0. The molecule has 1 aliphatic rings. The minimum atomic E-state index is -0.243. The van der Waals surface area contributed by atoms with Crippen molar-refractivity contribution >= 4 is 33.2 Å². The highest BCUT2D eigenvalue weighted by Gasteiger charge is 2.19. The van der Waals surface area contributed by atoms with Crippen LogP contribution in [0, 0.1) is 0 Å².